The van der Waals surface area contributed by atoms with E-state index in [0.717, 1.165) is 5.56 Å². The predicted octanol–water partition coefficient (Wildman–Crippen LogP) is 1.17. The van der Waals surface area contributed by atoms with Crippen molar-refractivity contribution in [2.75, 3.05) is 13.1 Å². The molecule has 1 aromatic carbocycles. The second-order valence-corrected chi connectivity index (χ2v) is 6.09. The van der Waals surface area contributed by atoms with Gasteiger partial charge in [0.1, 0.15) is 5.82 Å². The van der Waals surface area contributed by atoms with Gasteiger partial charge in [-0.3, -0.25) is 14.2 Å². The third-order valence-electron chi connectivity index (χ3n) is 4.11. The molecule has 3 N–H and O–H groups in total. The molecule has 1 aromatic heterocycles. The van der Waals surface area contributed by atoms with Crippen LogP contribution in [-0.4, -0.2) is 28.5 Å². The van der Waals surface area contributed by atoms with Crippen LogP contribution in [-0.2, 0) is 11.3 Å². The SMILES string of the molecule is Cc1nc([CH]C(C)C(=O)NCCN)n(Cc2ccccc2)c(=O)c1C. The molecule has 0 spiro atoms. The second kappa shape index (κ2) is 8.58. The lowest BCUT2D eigenvalue weighted by Crippen LogP contribution is -2.35. The highest BCUT2D eigenvalue weighted by molar-refractivity contribution is 5.80. The van der Waals surface area contributed by atoms with Gasteiger partial charge in [-0.2, -0.15) is 0 Å². The number of nitrogens with one attached hydrogen (secondary N) is 1. The first-order chi connectivity index (χ1) is 11.9. The van der Waals surface area contributed by atoms with Crippen molar-refractivity contribution in [1.29, 1.82) is 0 Å². The van der Waals surface area contributed by atoms with Gasteiger partial charge in [0.2, 0.25) is 5.91 Å². The summed E-state index contributed by atoms with van der Waals surface area (Å²) in [6, 6.07) is 9.72. The summed E-state index contributed by atoms with van der Waals surface area (Å²) in [5, 5.41) is 2.75. The summed E-state index contributed by atoms with van der Waals surface area (Å²) < 4.78 is 1.62. The van der Waals surface area contributed by atoms with Crippen molar-refractivity contribution >= 4 is 5.91 Å². The Morgan fingerprint density at radius 1 is 1.32 bits per heavy atom. The predicted molar refractivity (Wildman–Crippen MR) is 98.1 cm³/mol. The average molecular weight is 341 g/mol. The van der Waals surface area contributed by atoms with Crippen molar-refractivity contribution in [1.82, 2.24) is 14.9 Å². The molecule has 2 aromatic rings. The van der Waals surface area contributed by atoms with Gasteiger partial charge in [0, 0.05) is 36.7 Å². The van der Waals surface area contributed by atoms with E-state index in [4.69, 9.17) is 5.73 Å². The standard InChI is InChI=1S/C19H25N4O2/c1-13(18(24)21-10-9-20)11-17-22-15(3)14(2)19(25)23(17)12-16-7-5-4-6-8-16/h4-8,11,13H,9-10,12,20H2,1-3H3,(H,21,24). The number of aromatic nitrogens is 2. The summed E-state index contributed by atoms with van der Waals surface area (Å²) >= 11 is 0. The highest BCUT2D eigenvalue weighted by atomic mass is 16.2. The first kappa shape index (κ1) is 18.9. The molecule has 0 saturated heterocycles. The zero-order valence-corrected chi connectivity index (χ0v) is 15.0. The number of rotatable bonds is 7. The van der Waals surface area contributed by atoms with Crippen LogP contribution in [0.15, 0.2) is 35.1 Å². The second-order valence-electron chi connectivity index (χ2n) is 6.09. The minimum atomic E-state index is -0.414. The summed E-state index contributed by atoms with van der Waals surface area (Å²) in [6.45, 7) is 6.58. The largest absolute Gasteiger partial charge is 0.355 e. The van der Waals surface area contributed by atoms with Crippen LogP contribution in [0.2, 0.25) is 0 Å². The van der Waals surface area contributed by atoms with Crippen LogP contribution in [0, 0.1) is 26.2 Å². The number of aryl methyl sites for hydroxylation is 1. The summed E-state index contributed by atoms with van der Waals surface area (Å²) in [5.41, 5.74) is 7.63. The van der Waals surface area contributed by atoms with Crippen LogP contribution in [0.25, 0.3) is 0 Å². The van der Waals surface area contributed by atoms with E-state index in [9.17, 15) is 9.59 Å². The normalized spacial score (nSPS) is 12.0. The van der Waals surface area contributed by atoms with E-state index < -0.39 is 5.92 Å². The maximum absolute atomic E-state index is 12.7. The topological polar surface area (TPSA) is 90.0 Å². The Hall–Kier alpha value is -2.47. The van der Waals surface area contributed by atoms with Gasteiger partial charge < -0.3 is 11.1 Å². The van der Waals surface area contributed by atoms with Crippen molar-refractivity contribution in [3.05, 3.63) is 69.8 Å². The van der Waals surface area contributed by atoms with Crippen molar-refractivity contribution in [2.45, 2.75) is 27.3 Å². The molecule has 0 saturated carbocycles. The van der Waals surface area contributed by atoms with E-state index in [1.165, 1.54) is 0 Å². The zero-order valence-electron chi connectivity index (χ0n) is 15.0. The highest BCUT2D eigenvalue weighted by Gasteiger charge is 2.19. The van der Waals surface area contributed by atoms with E-state index in [0.29, 0.717) is 36.7 Å². The lowest BCUT2D eigenvalue weighted by molar-refractivity contribution is -0.123. The van der Waals surface area contributed by atoms with Crippen LogP contribution >= 0.6 is 0 Å². The molecule has 133 valence electrons. The Labute approximate surface area is 148 Å². The Kier molecular flexibility index (Phi) is 6.47. The van der Waals surface area contributed by atoms with Gasteiger partial charge >= 0.3 is 0 Å². The monoisotopic (exact) mass is 341 g/mol. The summed E-state index contributed by atoms with van der Waals surface area (Å²) in [5.74, 6) is -0.0425. The number of nitrogens with zero attached hydrogens (tertiary/aromatic N) is 2. The molecule has 0 aliphatic heterocycles. The van der Waals surface area contributed by atoms with Gasteiger partial charge in [-0.15, -0.1) is 0 Å². The minimum absolute atomic E-state index is 0.0860. The lowest BCUT2D eigenvalue weighted by Gasteiger charge is -2.17. The lowest BCUT2D eigenvalue weighted by atomic mass is 10.1. The molecule has 0 aliphatic rings. The Balaban J connectivity index is 2.33. The summed E-state index contributed by atoms with van der Waals surface area (Å²) in [6.07, 6.45) is 1.72. The van der Waals surface area contributed by atoms with Gasteiger partial charge in [0.05, 0.1) is 6.54 Å². The average Bonchev–Trinajstić information content (AvgIpc) is 2.61. The molecule has 1 heterocycles. The van der Waals surface area contributed by atoms with E-state index in [-0.39, 0.29) is 11.5 Å². The Bertz CT molecular complexity index is 784. The van der Waals surface area contributed by atoms with Crippen molar-refractivity contribution in [3.8, 4) is 0 Å². The van der Waals surface area contributed by atoms with Crippen molar-refractivity contribution < 1.29 is 4.79 Å². The molecular weight excluding hydrogens is 316 g/mol. The van der Waals surface area contributed by atoms with Crippen LogP contribution in [0.1, 0.15) is 29.6 Å². The molecular formula is C19H25N4O2. The molecule has 6 nitrogen and oxygen atoms in total. The van der Waals surface area contributed by atoms with E-state index in [1.807, 2.05) is 30.3 Å². The third kappa shape index (κ3) is 4.76. The summed E-state index contributed by atoms with van der Waals surface area (Å²) in [7, 11) is 0. The molecule has 1 unspecified atom stereocenters. The van der Waals surface area contributed by atoms with Gasteiger partial charge in [-0.1, -0.05) is 37.3 Å². The molecule has 1 radical (unpaired) electrons. The highest BCUT2D eigenvalue weighted by Crippen LogP contribution is 2.12. The number of hydrogen-bond acceptors (Lipinski definition) is 4. The van der Waals surface area contributed by atoms with Gasteiger partial charge in [0.25, 0.3) is 5.56 Å². The molecule has 0 fully saturated rings. The number of carbonyl (C=O) groups excluding carboxylic acids is 1. The van der Waals surface area contributed by atoms with E-state index in [2.05, 4.69) is 10.3 Å². The zero-order chi connectivity index (χ0) is 18.4. The molecule has 6 heteroatoms. The minimum Gasteiger partial charge on any atom is -0.355 e. The van der Waals surface area contributed by atoms with E-state index >= 15 is 0 Å². The Morgan fingerprint density at radius 2 is 2.00 bits per heavy atom. The van der Waals surface area contributed by atoms with E-state index in [1.54, 1.807) is 31.8 Å². The molecule has 2 rings (SSSR count). The first-order valence-electron chi connectivity index (χ1n) is 8.38. The Morgan fingerprint density at radius 3 is 2.64 bits per heavy atom. The van der Waals surface area contributed by atoms with Gasteiger partial charge in [-0.05, 0) is 19.4 Å². The third-order valence-corrected chi connectivity index (χ3v) is 4.11. The van der Waals surface area contributed by atoms with Crippen molar-refractivity contribution in [3.63, 3.8) is 0 Å². The fraction of sp³-hybridized carbons (Fsp3) is 0.368. The molecule has 1 amide bonds. The quantitative estimate of drug-likeness (QED) is 0.791. The number of amides is 1. The first-order valence-corrected chi connectivity index (χ1v) is 8.38. The van der Waals surface area contributed by atoms with Crippen LogP contribution in [0.5, 0.6) is 0 Å². The van der Waals surface area contributed by atoms with Gasteiger partial charge in [-0.25, -0.2) is 4.98 Å². The molecule has 25 heavy (non-hydrogen) atoms. The molecule has 0 aliphatic carbocycles. The fourth-order valence-corrected chi connectivity index (χ4v) is 2.48. The van der Waals surface area contributed by atoms with Crippen LogP contribution < -0.4 is 16.6 Å². The van der Waals surface area contributed by atoms with Crippen molar-refractivity contribution in [2.24, 2.45) is 11.7 Å². The number of hydrogen-bond donors (Lipinski definition) is 2. The smallest absolute Gasteiger partial charge is 0.256 e. The maximum atomic E-state index is 12.7. The number of carbonyl (C=O) groups is 1. The number of benzene rings is 1. The maximum Gasteiger partial charge on any atom is 0.256 e. The number of nitrogens with two attached hydrogens (primary N) is 1. The summed E-state index contributed by atoms with van der Waals surface area (Å²) in [4.78, 5) is 29.4. The van der Waals surface area contributed by atoms with Gasteiger partial charge in [0.15, 0.2) is 0 Å². The molecule has 0 bridgehead atoms. The van der Waals surface area contributed by atoms with Crippen LogP contribution in [0.3, 0.4) is 0 Å². The fourth-order valence-electron chi connectivity index (χ4n) is 2.48. The molecule has 1 atom stereocenters. The van der Waals surface area contributed by atoms with Crippen LogP contribution in [0.4, 0.5) is 0 Å².